The summed E-state index contributed by atoms with van der Waals surface area (Å²) in [5.74, 6) is 0.579. The molecule has 1 saturated heterocycles. The smallest absolute Gasteiger partial charge is 0.257 e. The zero-order chi connectivity index (χ0) is 19.2. The van der Waals surface area contributed by atoms with Gasteiger partial charge >= 0.3 is 0 Å². The van der Waals surface area contributed by atoms with Crippen molar-refractivity contribution in [2.75, 3.05) is 26.2 Å². The van der Waals surface area contributed by atoms with Crippen LogP contribution < -0.4 is 10.1 Å². The zero-order valence-corrected chi connectivity index (χ0v) is 16.9. The van der Waals surface area contributed by atoms with Crippen LogP contribution in [0.2, 0.25) is 5.02 Å². The molecule has 1 amide bonds. The average molecular weight is 403 g/mol. The van der Waals surface area contributed by atoms with Gasteiger partial charge in [0.1, 0.15) is 5.75 Å². The molecule has 0 saturated carbocycles. The third kappa shape index (κ3) is 5.86. The molecule has 1 aliphatic heterocycles. The first-order valence-electron chi connectivity index (χ1n) is 9.00. The van der Waals surface area contributed by atoms with Gasteiger partial charge in [-0.15, -0.1) is 0 Å². The molecular formula is C18H27ClN2O4S. The number of sulfonamides is 1. The molecule has 1 heterocycles. The number of halogens is 1. The van der Waals surface area contributed by atoms with Crippen molar-refractivity contribution >= 4 is 27.5 Å². The van der Waals surface area contributed by atoms with Crippen LogP contribution in [0.3, 0.4) is 0 Å². The van der Waals surface area contributed by atoms with Gasteiger partial charge in [0.25, 0.3) is 5.91 Å². The third-order valence-corrected chi connectivity index (χ3v) is 6.45. The number of carbonyl (C=O) groups is 1. The summed E-state index contributed by atoms with van der Waals surface area (Å²) in [6, 6.07) is 4.36. The summed E-state index contributed by atoms with van der Waals surface area (Å²) in [6.07, 6.45) is 3.70. The van der Waals surface area contributed by atoms with Crippen LogP contribution in [0.4, 0.5) is 0 Å². The van der Waals surface area contributed by atoms with Crippen molar-refractivity contribution in [3.8, 4) is 5.75 Å². The lowest BCUT2D eigenvalue weighted by atomic mass is 10.1. The summed E-state index contributed by atoms with van der Waals surface area (Å²) >= 11 is 6.16. The van der Waals surface area contributed by atoms with E-state index in [1.54, 1.807) is 0 Å². The van der Waals surface area contributed by atoms with Gasteiger partial charge in [0.15, 0.2) is 6.61 Å². The number of hydrogen-bond donors (Lipinski definition) is 1. The molecule has 0 spiro atoms. The molecule has 8 heteroatoms. The van der Waals surface area contributed by atoms with Crippen molar-refractivity contribution in [1.82, 2.24) is 9.62 Å². The van der Waals surface area contributed by atoms with Crippen LogP contribution in [0.15, 0.2) is 23.1 Å². The molecule has 1 aromatic rings. The van der Waals surface area contributed by atoms with Crippen molar-refractivity contribution < 1.29 is 17.9 Å². The van der Waals surface area contributed by atoms with Gasteiger partial charge in [-0.05, 0) is 43.4 Å². The summed E-state index contributed by atoms with van der Waals surface area (Å²) < 4.78 is 32.2. The molecule has 1 N–H and O–H groups in total. The fourth-order valence-electron chi connectivity index (χ4n) is 2.71. The van der Waals surface area contributed by atoms with E-state index >= 15 is 0 Å². The number of carbonyl (C=O) groups excluding carboxylic acids is 1. The second-order valence-corrected chi connectivity index (χ2v) is 9.22. The molecule has 2 rings (SSSR count). The Morgan fingerprint density at radius 1 is 1.27 bits per heavy atom. The number of nitrogens with one attached hydrogen (secondary N) is 1. The molecule has 0 aliphatic carbocycles. The molecule has 1 fully saturated rings. The summed E-state index contributed by atoms with van der Waals surface area (Å²) in [5.41, 5.74) is 0. The zero-order valence-electron chi connectivity index (χ0n) is 15.3. The summed E-state index contributed by atoms with van der Waals surface area (Å²) in [4.78, 5) is 11.9. The Kier molecular flexibility index (Phi) is 7.73. The fourth-order valence-corrected chi connectivity index (χ4v) is 4.55. The number of hydrogen-bond acceptors (Lipinski definition) is 4. The van der Waals surface area contributed by atoms with Crippen LogP contribution in [0.5, 0.6) is 5.75 Å². The number of rotatable bonds is 8. The van der Waals surface area contributed by atoms with Gasteiger partial charge in [0.2, 0.25) is 10.0 Å². The molecule has 0 aromatic heterocycles. The highest BCUT2D eigenvalue weighted by atomic mass is 35.5. The first kappa shape index (κ1) is 21.0. The van der Waals surface area contributed by atoms with Crippen molar-refractivity contribution in [3.05, 3.63) is 23.2 Å². The van der Waals surface area contributed by atoms with Crippen molar-refractivity contribution in [2.24, 2.45) is 5.92 Å². The van der Waals surface area contributed by atoms with Crippen molar-refractivity contribution in [3.63, 3.8) is 0 Å². The minimum Gasteiger partial charge on any atom is -0.482 e. The third-order valence-electron chi connectivity index (χ3n) is 4.26. The Hall–Kier alpha value is -1.31. The summed E-state index contributed by atoms with van der Waals surface area (Å²) in [7, 11) is -3.54. The second kappa shape index (κ2) is 9.58. The highest BCUT2D eigenvalue weighted by Gasteiger charge is 2.26. The quantitative estimate of drug-likeness (QED) is 0.725. The molecule has 1 aliphatic rings. The van der Waals surface area contributed by atoms with Gasteiger partial charge in [-0.3, -0.25) is 4.79 Å². The first-order chi connectivity index (χ1) is 12.3. The number of nitrogens with zero attached hydrogens (tertiary/aromatic N) is 1. The highest BCUT2D eigenvalue weighted by molar-refractivity contribution is 7.89. The minimum atomic E-state index is -3.54. The van der Waals surface area contributed by atoms with E-state index in [1.807, 2.05) is 0 Å². The van der Waals surface area contributed by atoms with E-state index in [0.717, 1.165) is 25.7 Å². The van der Waals surface area contributed by atoms with Gasteiger partial charge in [0, 0.05) is 19.6 Å². The Morgan fingerprint density at radius 2 is 1.96 bits per heavy atom. The highest BCUT2D eigenvalue weighted by Crippen LogP contribution is 2.29. The number of amides is 1. The lowest BCUT2D eigenvalue weighted by Gasteiger charge is -2.26. The van der Waals surface area contributed by atoms with Crippen molar-refractivity contribution in [2.45, 2.75) is 44.4 Å². The minimum absolute atomic E-state index is 0.151. The number of ether oxygens (including phenoxy) is 1. The van der Waals surface area contributed by atoms with E-state index in [4.69, 9.17) is 16.3 Å². The Labute approximate surface area is 160 Å². The van der Waals surface area contributed by atoms with Gasteiger partial charge < -0.3 is 10.1 Å². The number of piperidine rings is 1. The molecule has 0 radical (unpaired) electrons. The molecule has 146 valence electrons. The van der Waals surface area contributed by atoms with Crippen LogP contribution in [0, 0.1) is 5.92 Å². The van der Waals surface area contributed by atoms with E-state index in [-0.39, 0.29) is 22.4 Å². The first-order valence-corrected chi connectivity index (χ1v) is 10.8. The van der Waals surface area contributed by atoms with E-state index in [1.165, 1.54) is 22.5 Å². The Balaban J connectivity index is 1.95. The maximum absolute atomic E-state index is 12.7. The van der Waals surface area contributed by atoms with Crippen LogP contribution in [0.25, 0.3) is 0 Å². The maximum atomic E-state index is 12.7. The molecule has 26 heavy (non-hydrogen) atoms. The van der Waals surface area contributed by atoms with Crippen molar-refractivity contribution in [1.29, 1.82) is 0 Å². The molecule has 0 unspecified atom stereocenters. The lowest BCUT2D eigenvalue weighted by molar-refractivity contribution is -0.123. The van der Waals surface area contributed by atoms with Gasteiger partial charge in [0.05, 0.1) is 9.92 Å². The lowest BCUT2D eigenvalue weighted by Crippen LogP contribution is -2.35. The molecule has 1 aromatic carbocycles. The van der Waals surface area contributed by atoms with Crippen LogP contribution in [-0.4, -0.2) is 44.9 Å². The van der Waals surface area contributed by atoms with Gasteiger partial charge in [-0.1, -0.05) is 31.9 Å². The van der Waals surface area contributed by atoms with Gasteiger partial charge in [-0.25, -0.2) is 8.42 Å². The summed E-state index contributed by atoms with van der Waals surface area (Å²) in [6.45, 7) is 5.68. The van der Waals surface area contributed by atoms with E-state index < -0.39 is 10.0 Å². The summed E-state index contributed by atoms with van der Waals surface area (Å²) in [5, 5.41) is 2.95. The molecular weight excluding hydrogens is 376 g/mol. The largest absolute Gasteiger partial charge is 0.482 e. The Morgan fingerprint density at radius 3 is 2.58 bits per heavy atom. The van der Waals surface area contributed by atoms with Crippen LogP contribution in [0.1, 0.15) is 39.5 Å². The monoisotopic (exact) mass is 402 g/mol. The maximum Gasteiger partial charge on any atom is 0.257 e. The molecule has 6 nitrogen and oxygen atoms in total. The SMILES string of the molecule is CC(C)CCNC(=O)COc1ccc(S(=O)(=O)N2CCCCC2)cc1Cl. The van der Waals surface area contributed by atoms with E-state index in [9.17, 15) is 13.2 Å². The van der Waals surface area contributed by atoms with E-state index in [0.29, 0.717) is 31.3 Å². The predicted molar refractivity (Wildman–Crippen MR) is 102 cm³/mol. The second-order valence-electron chi connectivity index (χ2n) is 6.88. The standard InChI is InChI=1S/C18H27ClN2O4S/c1-14(2)8-9-20-18(22)13-25-17-7-6-15(12-16(17)19)26(23,24)21-10-4-3-5-11-21/h6-7,12,14H,3-5,8-11,13H2,1-2H3,(H,20,22). The topological polar surface area (TPSA) is 75.7 Å². The van der Waals surface area contributed by atoms with Crippen LogP contribution >= 0.6 is 11.6 Å². The normalized spacial score (nSPS) is 15.8. The average Bonchev–Trinajstić information content (AvgIpc) is 2.61. The van der Waals surface area contributed by atoms with Gasteiger partial charge in [-0.2, -0.15) is 4.31 Å². The fraction of sp³-hybridized carbons (Fsp3) is 0.611. The molecule has 0 atom stereocenters. The Bertz CT molecular complexity index is 716. The van der Waals surface area contributed by atoms with E-state index in [2.05, 4.69) is 19.2 Å². The predicted octanol–water partition coefficient (Wildman–Crippen LogP) is 3.06. The number of benzene rings is 1. The molecule has 0 bridgehead atoms. The van der Waals surface area contributed by atoms with Crippen LogP contribution in [-0.2, 0) is 14.8 Å².